The van der Waals surface area contributed by atoms with E-state index in [4.69, 9.17) is 16.3 Å². The maximum atomic E-state index is 14.6. The predicted molar refractivity (Wildman–Crippen MR) is 113 cm³/mol. The molecule has 3 aromatic rings. The molecule has 148 valence electrons. The molecule has 0 amide bonds. The van der Waals surface area contributed by atoms with Crippen LogP contribution in [-0.4, -0.2) is 5.96 Å². The van der Waals surface area contributed by atoms with Gasteiger partial charge in [0.25, 0.3) is 0 Å². The third kappa shape index (κ3) is 4.16. The van der Waals surface area contributed by atoms with Crippen molar-refractivity contribution in [3.63, 3.8) is 0 Å². The van der Waals surface area contributed by atoms with Crippen LogP contribution >= 0.6 is 23.5 Å². The van der Waals surface area contributed by atoms with E-state index in [9.17, 15) is 8.78 Å². The summed E-state index contributed by atoms with van der Waals surface area (Å²) in [7, 11) is 0. The van der Waals surface area contributed by atoms with Gasteiger partial charge < -0.3 is 10.1 Å². The summed E-state index contributed by atoms with van der Waals surface area (Å²) in [6.45, 7) is 1.98. The summed E-state index contributed by atoms with van der Waals surface area (Å²) >= 11 is 7.42. The Morgan fingerprint density at radius 2 is 1.86 bits per heavy atom. The van der Waals surface area contributed by atoms with Gasteiger partial charge in [-0.3, -0.25) is 4.72 Å². The second-order valence-electron chi connectivity index (χ2n) is 6.30. The molecule has 1 heterocycles. The van der Waals surface area contributed by atoms with Crippen molar-refractivity contribution in [2.45, 2.75) is 18.4 Å². The second-order valence-corrected chi connectivity index (χ2v) is 7.56. The molecule has 1 aliphatic rings. The van der Waals surface area contributed by atoms with Crippen LogP contribution in [0, 0.1) is 18.6 Å². The summed E-state index contributed by atoms with van der Waals surface area (Å²) in [6.07, 6.45) is 0. The predicted octanol–water partition coefficient (Wildman–Crippen LogP) is 6.30. The average Bonchev–Trinajstić information content (AvgIpc) is 2.72. The Hall–Kier alpha value is -2.77. The molecule has 0 saturated heterocycles. The van der Waals surface area contributed by atoms with E-state index in [1.165, 1.54) is 24.1 Å². The van der Waals surface area contributed by atoms with Crippen molar-refractivity contribution in [3.8, 4) is 11.5 Å². The SMILES string of the molecule is Cc1c(F)cccc1CN=C1NSc2ccc(F)c(Oc3ccccc3Cl)c2N1. The van der Waals surface area contributed by atoms with Crippen LogP contribution in [0.2, 0.25) is 5.02 Å². The lowest BCUT2D eigenvalue weighted by Gasteiger charge is -2.23. The number of nitrogens with zero attached hydrogens (tertiary/aromatic N) is 1. The van der Waals surface area contributed by atoms with Gasteiger partial charge in [0, 0.05) is 0 Å². The number of para-hydroxylation sites is 1. The molecular weight excluding hydrogens is 416 g/mol. The molecule has 3 aromatic carbocycles. The van der Waals surface area contributed by atoms with Crippen LogP contribution in [0.15, 0.2) is 64.5 Å². The fraction of sp³-hybridized carbons (Fsp3) is 0.0952. The zero-order valence-corrected chi connectivity index (χ0v) is 16.9. The molecule has 0 atom stereocenters. The van der Waals surface area contributed by atoms with E-state index >= 15 is 0 Å². The summed E-state index contributed by atoms with van der Waals surface area (Å²) in [5.41, 5.74) is 1.77. The van der Waals surface area contributed by atoms with Crippen molar-refractivity contribution in [2.75, 3.05) is 5.32 Å². The minimum atomic E-state index is -0.529. The normalized spacial score (nSPS) is 14.1. The highest BCUT2D eigenvalue weighted by Gasteiger charge is 2.22. The van der Waals surface area contributed by atoms with Crippen molar-refractivity contribution in [2.24, 2.45) is 4.99 Å². The monoisotopic (exact) mass is 431 g/mol. The number of hydrogen-bond donors (Lipinski definition) is 2. The van der Waals surface area contributed by atoms with Gasteiger partial charge >= 0.3 is 0 Å². The molecule has 0 radical (unpaired) electrons. The molecule has 8 heteroatoms. The molecule has 0 spiro atoms. The summed E-state index contributed by atoms with van der Waals surface area (Å²) in [4.78, 5) is 5.20. The van der Waals surface area contributed by atoms with Crippen LogP contribution in [0.25, 0.3) is 0 Å². The van der Waals surface area contributed by atoms with E-state index in [1.807, 2.05) is 6.07 Å². The lowest BCUT2D eigenvalue weighted by atomic mass is 10.1. The number of rotatable bonds is 4. The van der Waals surface area contributed by atoms with Crippen LogP contribution < -0.4 is 14.8 Å². The number of fused-ring (bicyclic) bond motifs is 1. The van der Waals surface area contributed by atoms with Crippen LogP contribution in [0.5, 0.6) is 11.5 Å². The van der Waals surface area contributed by atoms with Crippen molar-refractivity contribution in [1.82, 2.24) is 4.72 Å². The highest BCUT2D eigenvalue weighted by Crippen LogP contribution is 2.42. The molecule has 0 bridgehead atoms. The van der Waals surface area contributed by atoms with E-state index in [1.54, 1.807) is 43.3 Å². The smallest absolute Gasteiger partial charge is 0.206 e. The number of benzene rings is 3. The molecule has 4 nitrogen and oxygen atoms in total. The zero-order chi connectivity index (χ0) is 20.4. The Morgan fingerprint density at radius 3 is 2.69 bits per heavy atom. The highest BCUT2D eigenvalue weighted by atomic mass is 35.5. The first-order valence-corrected chi connectivity index (χ1v) is 9.95. The number of guanidine groups is 1. The first-order valence-electron chi connectivity index (χ1n) is 8.76. The van der Waals surface area contributed by atoms with Gasteiger partial charge in [-0.2, -0.15) is 0 Å². The minimum Gasteiger partial charge on any atom is -0.450 e. The summed E-state index contributed by atoms with van der Waals surface area (Å²) in [6, 6.07) is 14.7. The van der Waals surface area contributed by atoms with E-state index in [0.717, 1.165) is 10.5 Å². The quantitative estimate of drug-likeness (QED) is 0.476. The third-order valence-corrected chi connectivity index (χ3v) is 5.58. The maximum absolute atomic E-state index is 14.6. The molecule has 4 rings (SSSR count). The standard InChI is InChI=1S/C21H16ClF2N3OS/c1-12-13(5-4-7-15(12)23)11-25-21-26-19-18(29-27-21)10-9-16(24)20(19)28-17-8-3-2-6-14(17)22/h2-10H,11H2,1H3,(H2,25,26,27). The van der Waals surface area contributed by atoms with Crippen molar-refractivity contribution in [3.05, 3.63) is 82.4 Å². The summed E-state index contributed by atoms with van der Waals surface area (Å²) in [5, 5.41) is 3.44. The van der Waals surface area contributed by atoms with Crippen molar-refractivity contribution in [1.29, 1.82) is 0 Å². The Morgan fingerprint density at radius 1 is 1.03 bits per heavy atom. The Balaban J connectivity index is 1.62. The first kappa shape index (κ1) is 19.5. The van der Waals surface area contributed by atoms with Gasteiger partial charge in [0.1, 0.15) is 17.3 Å². The minimum absolute atomic E-state index is 0.0271. The van der Waals surface area contributed by atoms with Crippen molar-refractivity contribution >= 4 is 35.2 Å². The van der Waals surface area contributed by atoms with Gasteiger partial charge in [-0.1, -0.05) is 35.9 Å². The van der Waals surface area contributed by atoms with Gasteiger partial charge in [0.15, 0.2) is 11.6 Å². The van der Waals surface area contributed by atoms with Gasteiger partial charge in [0.05, 0.1) is 16.5 Å². The van der Waals surface area contributed by atoms with Crippen LogP contribution in [0.3, 0.4) is 0 Å². The average molecular weight is 432 g/mol. The van der Waals surface area contributed by atoms with Crippen molar-refractivity contribution < 1.29 is 13.5 Å². The largest absolute Gasteiger partial charge is 0.450 e. The lowest BCUT2D eigenvalue weighted by Crippen LogP contribution is -2.29. The molecule has 1 aliphatic heterocycles. The molecular formula is C21H16ClF2N3OS. The highest BCUT2D eigenvalue weighted by molar-refractivity contribution is 7.98. The Kier molecular flexibility index (Phi) is 5.60. The number of halogens is 3. The maximum Gasteiger partial charge on any atom is 0.206 e. The summed E-state index contributed by atoms with van der Waals surface area (Å²) < 4.78 is 37.1. The number of anilines is 1. The Labute approximate surface area is 176 Å². The fourth-order valence-corrected chi connectivity index (χ4v) is 3.66. The topological polar surface area (TPSA) is 45.7 Å². The fourth-order valence-electron chi connectivity index (χ4n) is 2.79. The Bertz CT molecular complexity index is 1110. The molecule has 2 N–H and O–H groups in total. The number of aliphatic imine (C=N–C) groups is 1. The number of ether oxygens (including phenoxy) is 1. The molecule has 29 heavy (non-hydrogen) atoms. The van der Waals surface area contributed by atoms with Gasteiger partial charge in [-0.05, 0) is 60.3 Å². The number of nitrogens with one attached hydrogen (secondary N) is 2. The second kappa shape index (κ2) is 8.31. The lowest BCUT2D eigenvalue weighted by molar-refractivity contribution is 0.443. The number of hydrogen-bond acceptors (Lipinski definition) is 3. The first-order chi connectivity index (χ1) is 14.0. The van der Waals surface area contributed by atoms with Gasteiger partial charge in [-0.25, -0.2) is 13.8 Å². The van der Waals surface area contributed by atoms with Gasteiger partial charge in [0.2, 0.25) is 5.96 Å². The van der Waals surface area contributed by atoms with Crippen LogP contribution in [-0.2, 0) is 6.54 Å². The molecule has 0 unspecified atom stereocenters. The zero-order valence-electron chi connectivity index (χ0n) is 15.3. The van der Waals surface area contributed by atoms with Crippen LogP contribution in [0.4, 0.5) is 14.5 Å². The van der Waals surface area contributed by atoms with Gasteiger partial charge in [-0.15, -0.1) is 0 Å². The van der Waals surface area contributed by atoms with E-state index in [-0.39, 0.29) is 18.1 Å². The van der Waals surface area contributed by atoms with E-state index in [0.29, 0.717) is 28.0 Å². The molecule has 0 fully saturated rings. The van der Waals surface area contributed by atoms with E-state index < -0.39 is 5.82 Å². The summed E-state index contributed by atoms with van der Waals surface area (Å²) in [5.74, 6) is -0.0100. The molecule has 0 aliphatic carbocycles. The van der Waals surface area contributed by atoms with E-state index in [2.05, 4.69) is 15.0 Å². The third-order valence-electron chi connectivity index (χ3n) is 4.41. The molecule has 0 saturated carbocycles. The molecule has 0 aromatic heterocycles. The van der Waals surface area contributed by atoms with Crippen LogP contribution in [0.1, 0.15) is 11.1 Å².